The lowest BCUT2D eigenvalue weighted by molar-refractivity contribution is -0.125. The molecule has 0 fully saturated rings. The molecule has 22 heavy (non-hydrogen) atoms. The van der Waals surface area contributed by atoms with E-state index in [2.05, 4.69) is 15.6 Å². The first kappa shape index (κ1) is 15.6. The van der Waals surface area contributed by atoms with Crippen molar-refractivity contribution >= 4 is 11.8 Å². The molecule has 7 nitrogen and oxygen atoms in total. The molecule has 0 spiro atoms. The number of hydrazine groups is 1. The van der Waals surface area contributed by atoms with Gasteiger partial charge in [-0.2, -0.15) is 0 Å². The Labute approximate surface area is 127 Å². The Morgan fingerprint density at radius 2 is 1.86 bits per heavy atom. The van der Waals surface area contributed by atoms with Crippen LogP contribution in [0.4, 0.5) is 0 Å². The smallest absolute Gasteiger partial charge is 0.305 e. The second-order valence-corrected chi connectivity index (χ2v) is 4.30. The largest absolute Gasteiger partial charge is 0.486 e. The van der Waals surface area contributed by atoms with E-state index in [0.717, 1.165) is 0 Å². The molecule has 7 heteroatoms. The molecule has 1 aromatic heterocycles. The second-order valence-electron chi connectivity index (χ2n) is 4.30. The second kappa shape index (κ2) is 7.84. The molecule has 2 aromatic rings. The maximum atomic E-state index is 11.7. The van der Waals surface area contributed by atoms with Crippen molar-refractivity contribution in [2.24, 2.45) is 0 Å². The zero-order valence-corrected chi connectivity index (χ0v) is 12.0. The Bertz CT molecular complexity index is 624. The Balaban J connectivity index is 1.83. The molecular weight excluding hydrogens is 288 g/mol. The van der Waals surface area contributed by atoms with Gasteiger partial charge in [-0.15, -0.1) is 0 Å². The van der Waals surface area contributed by atoms with Crippen LogP contribution in [-0.2, 0) is 16.1 Å². The molecule has 0 aliphatic rings. The average Bonchev–Trinajstić information content (AvgIpc) is 3.01. The van der Waals surface area contributed by atoms with Crippen molar-refractivity contribution < 1.29 is 23.5 Å². The molecule has 0 saturated carbocycles. The summed E-state index contributed by atoms with van der Waals surface area (Å²) in [5.41, 5.74) is 4.41. The van der Waals surface area contributed by atoms with E-state index < -0.39 is 11.8 Å². The van der Waals surface area contributed by atoms with Crippen LogP contribution in [-0.4, -0.2) is 25.5 Å². The molecule has 0 saturated heterocycles. The summed E-state index contributed by atoms with van der Waals surface area (Å²) >= 11 is 0. The predicted octanol–water partition coefficient (Wildman–Crippen LogP) is 1.27. The van der Waals surface area contributed by atoms with Crippen molar-refractivity contribution in [2.75, 3.05) is 13.7 Å². The lowest BCUT2D eigenvalue weighted by atomic mass is 10.3. The summed E-state index contributed by atoms with van der Waals surface area (Å²) in [5.74, 6) is 0.254. The van der Waals surface area contributed by atoms with E-state index in [4.69, 9.17) is 9.15 Å². The van der Waals surface area contributed by atoms with Gasteiger partial charge in [-0.05, 0) is 24.3 Å². The fourth-order valence-corrected chi connectivity index (χ4v) is 1.60. The number of ether oxygens (including phenoxy) is 2. The minimum absolute atomic E-state index is 0.0735. The molecule has 116 valence electrons. The van der Waals surface area contributed by atoms with Crippen molar-refractivity contribution in [3.05, 3.63) is 54.0 Å². The number of furan rings is 1. The fraction of sp³-hybridized carbons (Fsp3) is 0.200. The number of carbonyl (C=O) groups is 2. The molecule has 1 heterocycles. The maximum absolute atomic E-state index is 11.7. The van der Waals surface area contributed by atoms with Crippen molar-refractivity contribution in [1.29, 1.82) is 0 Å². The molecule has 0 unspecified atom stereocenters. The van der Waals surface area contributed by atoms with E-state index in [-0.39, 0.29) is 19.0 Å². The van der Waals surface area contributed by atoms with Crippen LogP contribution in [0.2, 0.25) is 0 Å². The van der Waals surface area contributed by atoms with Crippen LogP contribution in [0, 0.1) is 0 Å². The van der Waals surface area contributed by atoms with Gasteiger partial charge < -0.3 is 13.9 Å². The molecule has 2 N–H and O–H groups in total. The number of methoxy groups -OCH3 is 1. The molecule has 0 aliphatic carbocycles. The fourth-order valence-electron chi connectivity index (χ4n) is 1.60. The van der Waals surface area contributed by atoms with Gasteiger partial charge in [-0.1, -0.05) is 18.2 Å². The number of nitrogens with one attached hydrogen (secondary N) is 2. The molecular formula is C15H16N2O5. The third-order valence-corrected chi connectivity index (χ3v) is 2.60. The van der Waals surface area contributed by atoms with E-state index in [0.29, 0.717) is 11.5 Å². The summed E-state index contributed by atoms with van der Waals surface area (Å²) in [4.78, 5) is 22.9. The molecule has 0 bridgehead atoms. The van der Waals surface area contributed by atoms with Gasteiger partial charge in [0.05, 0.1) is 0 Å². The van der Waals surface area contributed by atoms with Crippen LogP contribution >= 0.6 is 0 Å². The standard InChI is InChI=1S/C15H16N2O5/c1-20-10-14(18)16-17-15(19)13-8-7-12(22-13)9-21-11-5-3-2-4-6-11/h2-8H,9-10H2,1H3,(H,16,18)(H,17,19). The summed E-state index contributed by atoms with van der Waals surface area (Å²) in [7, 11) is 1.38. The summed E-state index contributed by atoms with van der Waals surface area (Å²) in [6.07, 6.45) is 0. The topological polar surface area (TPSA) is 89.8 Å². The van der Waals surface area contributed by atoms with E-state index >= 15 is 0 Å². The lowest BCUT2D eigenvalue weighted by Crippen LogP contribution is -2.43. The van der Waals surface area contributed by atoms with Crippen molar-refractivity contribution in [2.45, 2.75) is 6.61 Å². The lowest BCUT2D eigenvalue weighted by Gasteiger charge is -2.05. The first-order valence-electron chi connectivity index (χ1n) is 6.53. The van der Waals surface area contributed by atoms with Crippen molar-refractivity contribution in [1.82, 2.24) is 10.9 Å². The average molecular weight is 304 g/mol. The van der Waals surface area contributed by atoms with Crippen molar-refractivity contribution in [3.63, 3.8) is 0 Å². The number of carbonyl (C=O) groups excluding carboxylic acids is 2. The zero-order valence-electron chi connectivity index (χ0n) is 12.0. The summed E-state index contributed by atoms with van der Waals surface area (Å²) in [6.45, 7) is 0.0575. The summed E-state index contributed by atoms with van der Waals surface area (Å²) in [5, 5.41) is 0. The highest BCUT2D eigenvalue weighted by Gasteiger charge is 2.12. The highest BCUT2D eigenvalue weighted by molar-refractivity contribution is 5.93. The monoisotopic (exact) mass is 304 g/mol. The Morgan fingerprint density at radius 1 is 1.09 bits per heavy atom. The van der Waals surface area contributed by atoms with Gasteiger partial charge in [0.2, 0.25) is 0 Å². The summed E-state index contributed by atoms with van der Waals surface area (Å²) < 4.78 is 15.5. The van der Waals surface area contributed by atoms with E-state index in [9.17, 15) is 9.59 Å². The molecule has 2 amide bonds. The Kier molecular flexibility index (Phi) is 5.56. The van der Waals surface area contributed by atoms with Crippen LogP contribution in [0.25, 0.3) is 0 Å². The quantitative estimate of drug-likeness (QED) is 0.784. The zero-order chi connectivity index (χ0) is 15.8. The third kappa shape index (κ3) is 4.64. The number of benzene rings is 1. The minimum atomic E-state index is -0.560. The third-order valence-electron chi connectivity index (χ3n) is 2.60. The van der Waals surface area contributed by atoms with Crippen LogP contribution in [0.3, 0.4) is 0 Å². The Hall–Kier alpha value is -2.80. The SMILES string of the molecule is COCC(=O)NNC(=O)c1ccc(COc2ccccc2)o1. The van der Waals surface area contributed by atoms with Gasteiger partial charge in [-0.3, -0.25) is 20.4 Å². The van der Waals surface area contributed by atoms with Gasteiger partial charge >= 0.3 is 5.91 Å². The number of amides is 2. The number of para-hydroxylation sites is 1. The van der Waals surface area contributed by atoms with Crippen LogP contribution in [0.5, 0.6) is 5.75 Å². The van der Waals surface area contributed by atoms with E-state index in [1.807, 2.05) is 30.3 Å². The molecule has 1 aromatic carbocycles. The van der Waals surface area contributed by atoms with E-state index in [1.165, 1.54) is 13.2 Å². The maximum Gasteiger partial charge on any atom is 0.305 e. The van der Waals surface area contributed by atoms with E-state index in [1.54, 1.807) is 6.07 Å². The summed E-state index contributed by atoms with van der Waals surface area (Å²) in [6, 6.07) is 12.4. The van der Waals surface area contributed by atoms with Gasteiger partial charge in [0.1, 0.15) is 24.7 Å². The number of hydrogen-bond donors (Lipinski definition) is 2. The highest BCUT2D eigenvalue weighted by Crippen LogP contribution is 2.13. The van der Waals surface area contributed by atoms with Gasteiger partial charge in [-0.25, -0.2) is 0 Å². The van der Waals surface area contributed by atoms with Gasteiger partial charge in [0.25, 0.3) is 5.91 Å². The molecule has 2 rings (SSSR count). The number of hydrogen-bond acceptors (Lipinski definition) is 5. The number of rotatable bonds is 6. The van der Waals surface area contributed by atoms with Gasteiger partial charge in [0.15, 0.2) is 5.76 Å². The van der Waals surface area contributed by atoms with Crippen LogP contribution in [0.15, 0.2) is 46.9 Å². The van der Waals surface area contributed by atoms with Crippen molar-refractivity contribution in [3.8, 4) is 5.75 Å². The normalized spacial score (nSPS) is 10.0. The first-order valence-corrected chi connectivity index (χ1v) is 6.53. The first-order chi connectivity index (χ1) is 10.7. The highest BCUT2D eigenvalue weighted by atomic mass is 16.5. The van der Waals surface area contributed by atoms with Gasteiger partial charge in [0, 0.05) is 7.11 Å². The van der Waals surface area contributed by atoms with Crippen LogP contribution in [0.1, 0.15) is 16.3 Å². The molecule has 0 atom stereocenters. The minimum Gasteiger partial charge on any atom is -0.486 e. The molecule has 0 aliphatic heterocycles. The molecule has 0 radical (unpaired) electrons. The predicted molar refractivity (Wildman–Crippen MR) is 77.0 cm³/mol. The Morgan fingerprint density at radius 3 is 2.59 bits per heavy atom. The van der Waals surface area contributed by atoms with Crippen LogP contribution < -0.4 is 15.6 Å².